The molecule has 2 saturated heterocycles. The highest BCUT2D eigenvalue weighted by molar-refractivity contribution is 6.20. The Morgan fingerprint density at radius 1 is 1.06 bits per heavy atom. The molecule has 96 valence electrons. The van der Waals surface area contributed by atoms with Crippen LogP contribution >= 0.6 is 11.6 Å². The minimum atomic E-state index is 0.308. The van der Waals surface area contributed by atoms with Crippen LogP contribution in [-0.4, -0.2) is 28.3 Å². The van der Waals surface area contributed by atoms with Crippen molar-refractivity contribution in [2.24, 2.45) is 5.92 Å². The Hall–Kier alpha value is -0.240. The van der Waals surface area contributed by atoms with Crippen molar-refractivity contribution in [3.63, 3.8) is 0 Å². The van der Waals surface area contributed by atoms with Crippen molar-refractivity contribution in [3.8, 4) is 0 Å². The molecular formula is C14H22ClNO. The van der Waals surface area contributed by atoms with E-state index in [1.54, 1.807) is 0 Å². The number of alkyl halides is 1. The van der Waals surface area contributed by atoms with Crippen LogP contribution in [0.25, 0.3) is 0 Å². The third-order valence-electron chi connectivity index (χ3n) is 4.90. The first-order valence-corrected chi connectivity index (χ1v) is 7.63. The zero-order valence-electron chi connectivity index (χ0n) is 10.4. The normalized spacial score (nSPS) is 37.7. The minimum Gasteiger partial charge on any atom is -0.337 e. The average Bonchev–Trinajstić information content (AvgIpc) is 2.86. The predicted octanol–water partition coefficient (Wildman–Crippen LogP) is 3.33. The van der Waals surface area contributed by atoms with Crippen LogP contribution in [0.4, 0.5) is 0 Å². The molecule has 1 aliphatic carbocycles. The van der Waals surface area contributed by atoms with Crippen LogP contribution in [0.3, 0.4) is 0 Å². The lowest BCUT2D eigenvalue weighted by molar-refractivity contribution is -0.136. The van der Waals surface area contributed by atoms with Gasteiger partial charge in [-0.05, 0) is 44.4 Å². The molecule has 0 N–H and O–H groups in total. The van der Waals surface area contributed by atoms with Crippen LogP contribution in [0.1, 0.15) is 57.8 Å². The van der Waals surface area contributed by atoms with Gasteiger partial charge in [0.25, 0.3) is 0 Å². The lowest BCUT2D eigenvalue weighted by Gasteiger charge is -2.37. The number of fused-ring (bicyclic) bond motifs is 2. The molecule has 1 amide bonds. The summed E-state index contributed by atoms with van der Waals surface area (Å²) in [4.78, 5) is 14.6. The van der Waals surface area contributed by atoms with Gasteiger partial charge in [-0.2, -0.15) is 0 Å². The number of carbonyl (C=O) groups excluding carboxylic acids is 1. The Kier molecular flexibility index (Phi) is 3.34. The zero-order valence-corrected chi connectivity index (χ0v) is 11.2. The highest BCUT2D eigenvalue weighted by Crippen LogP contribution is 2.39. The summed E-state index contributed by atoms with van der Waals surface area (Å²) in [5.41, 5.74) is 0. The summed E-state index contributed by atoms with van der Waals surface area (Å²) < 4.78 is 0. The second-order valence-corrected chi connectivity index (χ2v) is 6.73. The molecule has 3 rings (SSSR count). The van der Waals surface area contributed by atoms with Gasteiger partial charge in [-0.3, -0.25) is 4.79 Å². The second kappa shape index (κ2) is 4.79. The van der Waals surface area contributed by atoms with Crippen molar-refractivity contribution in [2.45, 2.75) is 75.2 Å². The highest BCUT2D eigenvalue weighted by atomic mass is 35.5. The zero-order chi connectivity index (χ0) is 11.8. The third-order valence-corrected chi connectivity index (χ3v) is 5.26. The highest BCUT2D eigenvalue weighted by Gasteiger charge is 2.42. The number of hydrogen-bond donors (Lipinski definition) is 0. The number of nitrogens with zero attached hydrogens (tertiary/aromatic N) is 1. The molecule has 17 heavy (non-hydrogen) atoms. The maximum Gasteiger partial charge on any atom is 0.223 e. The van der Waals surface area contributed by atoms with Crippen LogP contribution in [0, 0.1) is 5.92 Å². The van der Waals surface area contributed by atoms with Crippen molar-refractivity contribution in [2.75, 3.05) is 0 Å². The summed E-state index contributed by atoms with van der Waals surface area (Å²) in [6.45, 7) is 0. The van der Waals surface area contributed by atoms with E-state index < -0.39 is 0 Å². The quantitative estimate of drug-likeness (QED) is 0.693. The van der Waals surface area contributed by atoms with E-state index in [0.717, 1.165) is 19.3 Å². The Morgan fingerprint density at radius 3 is 2.24 bits per heavy atom. The molecule has 3 heteroatoms. The average molecular weight is 256 g/mol. The maximum absolute atomic E-state index is 12.4. The van der Waals surface area contributed by atoms with Crippen LogP contribution in [0.2, 0.25) is 0 Å². The van der Waals surface area contributed by atoms with Gasteiger partial charge < -0.3 is 4.90 Å². The van der Waals surface area contributed by atoms with Gasteiger partial charge in [-0.1, -0.05) is 12.8 Å². The van der Waals surface area contributed by atoms with Gasteiger partial charge in [0.15, 0.2) is 0 Å². The molecule has 3 fully saturated rings. The Morgan fingerprint density at radius 2 is 1.65 bits per heavy atom. The van der Waals surface area contributed by atoms with E-state index in [9.17, 15) is 4.79 Å². The first-order valence-electron chi connectivity index (χ1n) is 7.19. The van der Waals surface area contributed by atoms with E-state index >= 15 is 0 Å². The summed E-state index contributed by atoms with van der Waals surface area (Å²) >= 11 is 6.25. The monoisotopic (exact) mass is 255 g/mol. The number of rotatable bonds is 2. The number of hydrogen-bond acceptors (Lipinski definition) is 1. The molecule has 0 aromatic rings. The van der Waals surface area contributed by atoms with Crippen LogP contribution in [0.15, 0.2) is 0 Å². The van der Waals surface area contributed by atoms with Crippen molar-refractivity contribution in [3.05, 3.63) is 0 Å². The second-order valence-electron chi connectivity index (χ2n) is 6.11. The number of piperidine rings is 1. The molecule has 2 aliphatic heterocycles. The molecule has 0 aromatic carbocycles. The molecule has 2 nitrogen and oxygen atoms in total. The molecule has 0 radical (unpaired) electrons. The molecule has 3 aliphatic rings. The Labute approximate surface area is 109 Å². The summed E-state index contributed by atoms with van der Waals surface area (Å²) in [5.74, 6) is 1.10. The minimum absolute atomic E-state index is 0.308. The van der Waals surface area contributed by atoms with Gasteiger partial charge in [0.2, 0.25) is 5.91 Å². The third kappa shape index (κ3) is 2.33. The lowest BCUT2D eigenvalue weighted by atomic mass is 9.98. The van der Waals surface area contributed by atoms with Crippen molar-refractivity contribution in [1.29, 1.82) is 0 Å². The molecular weight excluding hydrogens is 234 g/mol. The molecule has 2 heterocycles. The van der Waals surface area contributed by atoms with E-state index in [2.05, 4.69) is 4.90 Å². The van der Waals surface area contributed by atoms with E-state index in [1.165, 1.54) is 38.5 Å². The van der Waals surface area contributed by atoms with Crippen LogP contribution in [-0.2, 0) is 4.79 Å². The molecule has 0 aromatic heterocycles. The number of carbonyl (C=O) groups is 1. The fourth-order valence-corrected chi connectivity index (χ4v) is 4.50. The van der Waals surface area contributed by atoms with E-state index in [1.807, 2.05) is 0 Å². The van der Waals surface area contributed by atoms with Gasteiger partial charge in [-0.25, -0.2) is 0 Å². The summed E-state index contributed by atoms with van der Waals surface area (Å²) in [5, 5.41) is 0.308. The number of halogens is 1. The Balaban J connectivity index is 1.62. The molecule has 0 spiro atoms. The van der Waals surface area contributed by atoms with Gasteiger partial charge in [0.05, 0.1) is 0 Å². The number of amides is 1. The van der Waals surface area contributed by atoms with Crippen molar-refractivity contribution in [1.82, 2.24) is 4.90 Å². The summed E-state index contributed by atoms with van der Waals surface area (Å²) in [6.07, 6.45) is 10.4. The summed E-state index contributed by atoms with van der Waals surface area (Å²) in [7, 11) is 0. The van der Waals surface area contributed by atoms with Crippen molar-refractivity contribution >= 4 is 17.5 Å². The first-order chi connectivity index (χ1) is 8.24. The lowest BCUT2D eigenvalue weighted by Crippen LogP contribution is -2.47. The van der Waals surface area contributed by atoms with Crippen LogP contribution in [0.5, 0.6) is 0 Å². The van der Waals surface area contributed by atoms with Gasteiger partial charge in [-0.15, -0.1) is 11.6 Å². The van der Waals surface area contributed by atoms with E-state index in [-0.39, 0.29) is 0 Å². The van der Waals surface area contributed by atoms with Crippen molar-refractivity contribution < 1.29 is 4.79 Å². The topological polar surface area (TPSA) is 20.3 Å². The van der Waals surface area contributed by atoms with E-state index in [0.29, 0.717) is 29.3 Å². The fraction of sp³-hybridized carbons (Fsp3) is 0.929. The van der Waals surface area contributed by atoms with E-state index in [4.69, 9.17) is 11.6 Å². The smallest absolute Gasteiger partial charge is 0.223 e. The standard InChI is InChI=1S/C14H22ClNO/c15-11-8-12-5-6-13(9-11)16(12)14(17)7-10-3-1-2-4-10/h10-13H,1-9H2. The van der Waals surface area contributed by atoms with Gasteiger partial charge in [0, 0.05) is 23.9 Å². The largest absolute Gasteiger partial charge is 0.337 e. The van der Waals surface area contributed by atoms with Crippen LogP contribution < -0.4 is 0 Å². The molecule has 1 saturated carbocycles. The molecule has 2 atom stereocenters. The van der Waals surface area contributed by atoms with Gasteiger partial charge >= 0.3 is 0 Å². The van der Waals surface area contributed by atoms with Gasteiger partial charge in [0.1, 0.15) is 0 Å². The molecule has 2 bridgehead atoms. The predicted molar refractivity (Wildman–Crippen MR) is 69.1 cm³/mol. The summed E-state index contributed by atoms with van der Waals surface area (Å²) in [6, 6.07) is 0.926. The molecule has 2 unspecified atom stereocenters. The SMILES string of the molecule is O=C(CC1CCCC1)N1C2CCC1CC(Cl)C2. The first kappa shape index (κ1) is 11.8. The maximum atomic E-state index is 12.4. The Bertz CT molecular complexity index is 287. The fourth-order valence-electron chi connectivity index (χ4n) is 4.08.